The molecule has 0 atom stereocenters. The number of rotatable bonds is 3. The fourth-order valence-corrected chi connectivity index (χ4v) is 2.84. The van der Waals surface area contributed by atoms with E-state index in [1.165, 1.54) is 12.1 Å². The second-order valence-electron chi connectivity index (χ2n) is 3.65. The smallest absolute Gasteiger partial charge is 0.340 e. The molecule has 1 heterocycles. The second kappa shape index (κ2) is 5.54. The average Bonchev–Trinajstić information content (AvgIpc) is 2.67. The number of aromatic carboxylic acids is 1. The van der Waals surface area contributed by atoms with Gasteiger partial charge in [0.2, 0.25) is 0 Å². The Morgan fingerprint density at radius 2 is 1.89 bits per heavy atom. The zero-order valence-corrected chi connectivity index (χ0v) is 12.6. The van der Waals surface area contributed by atoms with Crippen LogP contribution < -0.4 is 5.32 Å². The summed E-state index contributed by atoms with van der Waals surface area (Å²) in [5.74, 6) is -1.05. The third-order valence-electron chi connectivity index (χ3n) is 2.33. The van der Waals surface area contributed by atoms with E-state index in [-0.39, 0.29) is 5.56 Å². The van der Waals surface area contributed by atoms with Crippen molar-refractivity contribution in [2.45, 2.75) is 6.92 Å². The van der Waals surface area contributed by atoms with Crippen LogP contribution in [-0.4, -0.2) is 15.4 Å². The van der Waals surface area contributed by atoms with E-state index in [0.717, 1.165) is 11.5 Å². The minimum atomic E-state index is -1.05. The maximum Gasteiger partial charge on any atom is 0.340 e. The minimum Gasteiger partial charge on any atom is -0.478 e. The number of hydrogen-bond donors (Lipinski definition) is 2. The summed E-state index contributed by atoms with van der Waals surface area (Å²) in [7, 11) is 0. The Labute approximate surface area is 128 Å². The fourth-order valence-electron chi connectivity index (χ4n) is 1.45. The maximum atomic E-state index is 11.1. The van der Waals surface area contributed by atoms with E-state index in [4.69, 9.17) is 39.9 Å². The molecule has 19 heavy (non-hydrogen) atoms. The Balaban J connectivity index is 2.42. The third kappa shape index (κ3) is 2.95. The van der Waals surface area contributed by atoms with Crippen molar-refractivity contribution in [1.82, 2.24) is 4.37 Å². The molecule has 0 radical (unpaired) electrons. The monoisotopic (exact) mass is 336 g/mol. The number of aryl methyl sites for hydroxylation is 1. The molecule has 2 aromatic rings. The number of anilines is 2. The number of halogens is 3. The first kappa shape index (κ1) is 14.4. The number of benzene rings is 1. The fraction of sp³-hybridized carbons (Fsp3) is 0.0909. The SMILES string of the molecule is Cc1nsc(Nc2cc(Cl)c(Cl)cc2Cl)c1C(=O)O. The largest absolute Gasteiger partial charge is 0.478 e. The zero-order valence-electron chi connectivity index (χ0n) is 9.50. The molecule has 100 valence electrons. The lowest BCUT2D eigenvalue weighted by atomic mass is 10.2. The first-order valence-corrected chi connectivity index (χ1v) is 6.92. The number of aromatic nitrogens is 1. The number of nitrogens with zero attached hydrogens (tertiary/aromatic N) is 1. The van der Waals surface area contributed by atoms with Gasteiger partial charge < -0.3 is 10.4 Å². The molecule has 0 aliphatic carbocycles. The summed E-state index contributed by atoms with van der Waals surface area (Å²) in [6.45, 7) is 1.63. The molecule has 2 N–H and O–H groups in total. The van der Waals surface area contributed by atoms with Crippen molar-refractivity contribution in [3.8, 4) is 0 Å². The molecule has 2 rings (SSSR count). The highest BCUT2D eigenvalue weighted by Crippen LogP contribution is 2.36. The number of hydrogen-bond acceptors (Lipinski definition) is 4. The van der Waals surface area contributed by atoms with Crippen LogP contribution in [-0.2, 0) is 0 Å². The molecule has 0 spiro atoms. The summed E-state index contributed by atoms with van der Waals surface area (Å²) in [6, 6.07) is 3.02. The van der Waals surface area contributed by atoms with Crippen LogP contribution in [0.3, 0.4) is 0 Å². The van der Waals surface area contributed by atoms with Crippen LogP contribution in [0.4, 0.5) is 10.7 Å². The van der Waals surface area contributed by atoms with E-state index in [2.05, 4.69) is 9.69 Å². The van der Waals surface area contributed by atoms with Gasteiger partial charge in [0, 0.05) is 0 Å². The van der Waals surface area contributed by atoms with Gasteiger partial charge in [-0.2, -0.15) is 4.37 Å². The van der Waals surface area contributed by atoms with Crippen molar-refractivity contribution in [3.05, 3.63) is 38.5 Å². The van der Waals surface area contributed by atoms with E-state index >= 15 is 0 Å². The summed E-state index contributed by atoms with van der Waals surface area (Å²) in [6.07, 6.45) is 0. The summed E-state index contributed by atoms with van der Waals surface area (Å²) in [5.41, 5.74) is 1.03. The quantitative estimate of drug-likeness (QED) is 0.786. The molecule has 0 aliphatic rings. The molecule has 0 aliphatic heterocycles. The van der Waals surface area contributed by atoms with Crippen molar-refractivity contribution in [3.63, 3.8) is 0 Å². The van der Waals surface area contributed by atoms with Crippen molar-refractivity contribution in [2.75, 3.05) is 5.32 Å². The van der Waals surface area contributed by atoms with Crippen LogP contribution in [0.25, 0.3) is 0 Å². The van der Waals surface area contributed by atoms with E-state index in [9.17, 15) is 4.79 Å². The van der Waals surface area contributed by atoms with Gasteiger partial charge in [-0.1, -0.05) is 34.8 Å². The molecule has 0 bridgehead atoms. The molecule has 4 nitrogen and oxygen atoms in total. The molecule has 8 heteroatoms. The molecule has 0 amide bonds. The van der Waals surface area contributed by atoms with Gasteiger partial charge in [0.05, 0.1) is 26.4 Å². The zero-order chi connectivity index (χ0) is 14.2. The molecule has 0 saturated heterocycles. The van der Waals surface area contributed by atoms with Gasteiger partial charge in [-0.25, -0.2) is 4.79 Å². The summed E-state index contributed by atoms with van der Waals surface area (Å²) >= 11 is 18.8. The molecule has 1 aromatic carbocycles. The first-order chi connectivity index (χ1) is 8.90. The van der Waals surface area contributed by atoms with E-state index in [1.54, 1.807) is 6.92 Å². The highest BCUT2D eigenvalue weighted by molar-refractivity contribution is 7.10. The topological polar surface area (TPSA) is 62.2 Å². The molecule has 0 unspecified atom stereocenters. The Morgan fingerprint density at radius 3 is 2.53 bits per heavy atom. The predicted octanol–water partition coefficient (Wildman–Crippen LogP) is 4.85. The second-order valence-corrected chi connectivity index (χ2v) is 5.64. The van der Waals surface area contributed by atoms with Gasteiger partial charge in [-0.15, -0.1) is 0 Å². The van der Waals surface area contributed by atoms with Crippen molar-refractivity contribution in [1.29, 1.82) is 0 Å². The summed E-state index contributed by atoms with van der Waals surface area (Å²) in [5, 5.41) is 13.4. The maximum absolute atomic E-state index is 11.1. The molecule has 1 aromatic heterocycles. The van der Waals surface area contributed by atoms with Crippen LogP contribution in [0.5, 0.6) is 0 Å². The van der Waals surface area contributed by atoms with Gasteiger partial charge in [-0.3, -0.25) is 0 Å². The molecule has 0 saturated carbocycles. The average molecular weight is 338 g/mol. The number of carbonyl (C=O) groups is 1. The van der Waals surface area contributed by atoms with Crippen LogP contribution >= 0.6 is 46.3 Å². The first-order valence-electron chi connectivity index (χ1n) is 5.01. The van der Waals surface area contributed by atoms with Crippen LogP contribution in [0.1, 0.15) is 16.1 Å². The van der Waals surface area contributed by atoms with E-state index in [0.29, 0.717) is 31.5 Å². The Kier molecular flexibility index (Phi) is 4.20. The summed E-state index contributed by atoms with van der Waals surface area (Å²) < 4.78 is 4.00. The normalized spacial score (nSPS) is 10.5. The van der Waals surface area contributed by atoms with Gasteiger partial charge in [0.15, 0.2) is 0 Å². The Bertz CT molecular complexity index is 658. The van der Waals surface area contributed by atoms with Gasteiger partial charge in [0.25, 0.3) is 0 Å². The Hall–Kier alpha value is -1.01. The van der Waals surface area contributed by atoms with E-state index in [1.807, 2.05) is 0 Å². The number of nitrogens with one attached hydrogen (secondary N) is 1. The van der Waals surface area contributed by atoms with Gasteiger partial charge >= 0.3 is 5.97 Å². The minimum absolute atomic E-state index is 0.118. The predicted molar refractivity (Wildman–Crippen MR) is 78.6 cm³/mol. The summed E-state index contributed by atoms with van der Waals surface area (Å²) in [4.78, 5) is 11.1. The van der Waals surface area contributed by atoms with Crippen LogP contribution in [0.2, 0.25) is 15.1 Å². The lowest BCUT2D eigenvalue weighted by Crippen LogP contribution is -2.01. The Morgan fingerprint density at radius 1 is 1.26 bits per heavy atom. The number of carboxylic acids is 1. The highest BCUT2D eigenvalue weighted by Gasteiger charge is 2.18. The van der Waals surface area contributed by atoms with E-state index < -0.39 is 5.97 Å². The van der Waals surface area contributed by atoms with Gasteiger partial charge in [-0.05, 0) is 30.6 Å². The molecular weight excluding hydrogens is 331 g/mol. The third-order valence-corrected chi connectivity index (χ3v) is 4.22. The molecular formula is C11H7Cl3N2O2S. The van der Waals surface area contributed by atoms with Gasteiger partial charge in [0.1, 0.15) is 10.6 Å². The van der Waals surface area contributed by atoms with Crippen molar-refractivity contribution < 1.29 is 9.90 Å². The van der Waals surface area contributed by atoms with Crippen LogP contribution in [0.15, 0.2) is 12.1 Å². The van der Waals surface area contributed by atoms with Crippen LogP contribution in [0, 0.1) is 6.92 Å². The lowest BCUT2D eigenvalue weighted by Gasteiger charge is -2.08. The number of carboxylic acid groups (broad SMARTS) is 1. The lowest BCUT2D eigenvalue weighted by molar-refractivity contribution is 0.0697. The van der Waals surface area contributed by atoms with Crippen molar-refractivity contribution >= 4 is 63.0 Å². The van der Waals surface area contributed by atoms with Crippen molar-refractivity contribution in [2.24, 2.45) is 0 Å². The highest BCUT2D eigenvalue weighted by atomic mass is 35.5. The standard InChI is InChI=1S/C11H7Cl3N2O2S/c1-4-9(11(17)18)10(19-16-4)15-8-3-6(13)5(12)2-7(8)14/h2-3,15H,1H3,(H,17,18). The molecule has 0 fully saturated rings.